The van der Waals surface area contributed by atoms with Gasteiger partial charge in [0.1, 0.15) is 5.75 Å². The van der Waals surface area contributed by atoms with E-state index in [1.807, 2.05) is 0 Å². The van der Waals surface area contributed by atoms with Crippen molar-refractivity contribution in [3.05, 3.63) is 100 Å². The van der Waals surface area contributed by atoms with E-state index in [0.717, 1.165) is 11.6 Å². The van der Waals surface area contributed by atoms with Gasteiger partial charge >= 0.3 is 0 Å². The summed E-state index contributed by atoms with van der Waals surface area (Å²) in [6, 6.07) is 16.8. The average Bonchev–Trinajstić information content (AvgIpc) is 2.73. The van der Waals surface area contributed by atoms with Crippen LogP contribution >= 0.6 is 0 Å². The second-order valence-corrected chi connectivity index (χ2v) is 7.91. The first-order chi connectivity index (χ1) is 14.2. The minimum atomic E-state index is -4.03. The van der Waals surface area contributed by atoms with Crippen molar-refractivity contribution in [1.82, 2.24) is 0 Å². The molecule has 0 atom stereocenters. The largest absolute Gasteiger partial charge is 0.508 e. The molecule has 9 heteroatoms. The summed E-state index contributed by atoms with van der Waals surface area (Å²) < 4.78 is 27.2. The number of rotatable bonds is 7. The van der Waals surface area contributed by atoms with E-state index < -0.39 is 14.9 Å². The maximum Gasteiger partial charge on any atom is 0.270 e. The lowest BCUT2D eigenvalue weighted by Crippen LogP contribution is -2.13. The molecule has 0 amide bonds. The first-order valence-corrected chi connectivity index (χ1v) is 10.1. The highest BCUT2D eigenvalue weighted by Crippen LogP contribution is 2.21. The maximum atomic E-state index is 12.4. The second kappa shape index (κ2) is 8.58. The maximum absolute atomic E-state index is 12.4. The van der Waals surface area contributed by atoms with Crippen molar-refractivity contribution in [3.63, 3.8) is 0 Å². The molecule has 0 aliphatic carbocycles. The summed E-state index contributed by atoms with van der Waals surface area (Å²) in [5, 5.41) is 20.1. The van der Waals surface area contributed by atoms with E-state index in [9.17, 15) is 28.4 Å². The summed E-state index contributed by atoms with van der Waals surface area (Å²) in [6.07, 6.45) is 2.97. The molecule has 0 radical (unpaired) electrons. The fraction of sp³-hybridized carbons (Fsp3) is 0. The summed E-state index contributed by atoms with van der Waals surface area (Å²) in [5.74, 6) is -0.155. The summed E-state index contributed by atoms with van der Waals surface area (Å²) in [6.45, 7) is 0. The number of phenols is 1. The van der Waals surface area contributed by atoms with Gasteiger partial charge in [-0.05, 0) is 54.1 Å². The Morgan fingerprint density at radius 1 is 1.00 bits per heavy atom. The van der Waals surface area contributed by atoms with Crippen molar-refractivity contribution in [2.24, 2.45) is 0 Å². The molecule has 0 saturated heterocycles. The Labute approximate surface area is 172 Å². The number of sulfonamides is 1. The monoisotopic (exact) mass is 424 g/mol. The topological polar surface area (TPSA) is 127 Å². The number of non-ortho nitro benzene ring substituents is 1. The van der Waals surface area contributed by atoms with Gasteiger partial charge in [-0.1, -0.05) is 24.3 Å². The van der Waals surface area contributed by atoms with Crippen LogP contribution in [0.5, 0.6) is 5.75 Å². The van der Waals surface area contributed by atoms with Crippen LogP contribution in [0.4, 0.5) is 11.4 Å². The quantitative estimate of drug-likeness (QED) is 0.255. The van der Waals surface area contributed by atoms with E-state index in [1.165, 1.54) is 60.7 Å². The van der Waals surface area contributed by atoms with Crippen molar-refractivity contribution in [2.45, 2.75) is 4.90 Å². The molecule has 0 heterocycles. The van der Waals surface area contributed by atoms with E-state index >= 15 is 0 Å². The SMILES string of the molecule is O=C(/C=C/c1ccc(O)cc1)c1ccc(NS(=O)(=O)c2cccc([N+](=O)[O-])c2)cc1. The van der Waals surface area contributed by atoms with Crippen LogP contribution in [-0.4, -0.2) is 24.2 Å². The second-order valence-electron chi connectivity index (χ2n) is 6.23. The van der Waals surface area contributed by atoms with Crippen molar-refractivity contribution in [3.8, 4) is 5.75 Å². The Morgan fingerprint density at radius 2 is 1.67 bits per heavy atom. The van der Waals surface area contributed by atoms with Crippen LogP contribution in [0.25, 0.3) is 6.08 Å². The van der Waals surface area contributed by atoms with Crippen LogP contribution < -0.4 is 4.72 Å². The Kier molecular flexibility index (Phi) is 5.93. The lowest BCUT2D eigenvalue weighted by molar-refractivity contribution is -0.385. The smallest absolute Gasteiger partial charge is 0.270 e. The predicted molar refractivity (Wildman–Crippen MR) is 112 cm³/mol. The normalized spacial score (nSPS) is 11.3. The number of hydrogen-bond acceptors (Lipinski definition) is 6. The lowest BCUT2D eigenvalue weighted by Gasteiger charge is -2.08. The van der Waals surface area contributed by atoms with Gasteiger partial charge in [-0.25, -0.2) is 8.42 Å². The number of hydrogen-bond donors (Lipinski definition) is 2. The minimum absolute atomic E-state index is 0.127. The first kappa shape index (κ1) is 20.7. The molecule has 30 heavy (non-hydrogen) atoms. The highest BCUT2D eigenvalue weighted by Gasteiger charge is 2.18. The molecule has 152 valence electrons. The Hall–Kier alpha value is -3.98. The number of anilines is 1. The molecule has 0 unspecified atom stereocenters. The number of nitrogens with zero attached hydrogens (tertiary/aromatic N) is 1. The molecule has 0 aromatic heterocycles. The van der Waals surface area contributed by atoms with Crippen molar-refractivity contribution in [2.75, 3.05) is 4.72 Å². The van der Waals surface area contributed by atoms with Gasteiger partial charge < -0.3 is 5.11 Å². The van der Waals surface area contributed by atoms with E-state index in [1.54, 1.807) is 18.2 Å². The molecular weight excluding hydrogens is 408 g/mol. The van der Waals surface area contributed by atoms with Gasteiger partial charge in [-0.15, -0.1) is 0 Å². The predicted octanol–water partition coefficient (Wildman–Crippen LogP) is 4.00. The number of carbonyl (C=O) groups excluding carboxylic acids is 1. The zero-order valence-electron chi connectivity index (χ0n) is 15.4. The highest BCUT2D eigenvalue weighted by molar-refractivity contribution is 7.92. The summed E-state index contributed by atoms with van der Waals surface area (Å²) in [5.41, 5.74) is 0.964. The number of nitro benzene ring substituents is 1. The fourth-order valence-electron chi connectivity index (χ4n) is 2.53. The number of carbonyl (C=O) groups is 1. The zero-order valence-corrected chi connectivity index (χ0v) is 16.2. The summed E-state index contributed by atoms with van der Waals surface area (Å²) in [4.78, 5) is 22.2. The Balaban J connectivity index is 1.72. The van der Waals surface area contributed by atoms with Gasteiger partial charge in [0.2, 0.25) is 0 Å². The number of aromatic hydroxyl groups is 1. The van der Waals surface area contributed by atoms with Gasteiger partial charge in [0.05, 0.1) is 9.82 Å². The van der Waals surface area contributed by atoms with Gasteiger partial charge in [0.15, 0.2) is 5.78 Å². The number of allylic oxidation sites excluding steroid dienone is 1. The van der Waals surface area contributed by atoms with Crippen LogP contribution in [0.1, 0.15) is 15.9 Å². The van der Waals surface area contributed by atoms with Crippen LogP contribution in [0, 0.1) is 10.1 Å². The molecule has 0 spiro atoms. The number of benzene rings is 3. The molecule has 0 bridgehead atoms. The first-order valence-electron chi connectivity index (χ1n) is 8.63. The van der Waals surface area contributed by atoms with E-state index in [0.29, 0.717) is 5.56 Å². The van der Waals surface area contributed by atoms with Crippen LogP contribution in [-0.2, 0) is 10.0 Å². The van der Waals surface area contributed by atoms with Gasteiger partial charge in [-0.3, -0.25) is 19.6 Å². The zero-order chi connectivity index (χ0) is 21.7. The molecule has 2 N–H and O–H groups in total. The highest BCUT2D eigenvalue weighted by atomic mass is 32.2. The number of nitrogens with one attached hydrogen (secondary N) is 1. The van der Waals surface area contributed by atoms with Crippen molar-refractivity contribution >= 4 is 33.3 Å². The molecule has 0 aliphatic rings. The summed E-state index contributed by atoms with van der Waals surface area (Å²) >= 11 is 0. The van der Waals surface area contributed by atoms with E-state index in [2.05, 4.69) is 4.72 Å². The van der Waals surface area contributed by atoms with Gasteiger partial charge in [-0.2, -0.15) is 0 Å². The Morgan fingerprint density at radius 3 is 2.30 bits per heavy atom. The standard InChI is InChI=1S/C21H16N2O6S/c24-19-11-4-15(5-12-19)6-13-21(25)16-7-9-17(10-8-16)22-30(28,29)20-3-1-2-18(14-20)23(26)27/h1-14,22,24H/b13-6+. The third-order valence-corrected chi connectivity index (χ3v) is 5.46. The number of phenolic OH excluding ortho intramolecular Hbond substituents is 1. The minimum Gasteiger partial charge on any atom is -0.508 e. The molecule has 8 nitrogen and oxygen atoms in total. The molecule has 0 saturated carbocycles. The van der Waals surface area contributed by atoms with Crippen LogP contribution in [0.15, 0.2) is 83.8 Å². The van der Waals surface area contributed by atoms with Gasteiger partial charge in [0.25, 0.3) is 15.7 Å². The fourth-order valence-corrected chi connectivity index (χ4v) is 3.63. The molecular formula is C21H16N2O6S. The van der Waals surface area contributed by atoms with Gasteiger partial charge in [0, 0.05) is 23.4 Å². The molecule has 3 rings (SSSR count). The summed E-state index contributed by atoms with van der Waals surface area (Å²) in [7, 11) is -4.03. The number of nitro groups is 1. The Bertz CT molecular complexity index is 1220. The molecule has 3 aromatic carbocycles. The third-order valence-electron chi connectivity index (χ3n) is 4.08. The lowest BCUT2D eigenvalue weighted by atomic mass is 10.1. The van der Waals surface area contributed by atoms with Crippen molar-refractivity contribution < 1.29 is 23.2 Å². The van der Waals surface area contributed by atoms with Crippen LogP contribution in [0.2, 0.25) is 0 Å². The average molecular weight is 424 g/mol. The van der Waals surface area contributed by atoms with E-state index in [-0.39, 0.29) is 27.8 Å². The molecule has 0 fully saturated rings. The molecule has 0 aliphatic heterocycles. The number of ketones is 1. The molecule has 3 aromatic rings. The third kappa shape index (κ3) is 5.09. The van der Waals surface area contributed by atoms with E-state index in [4.69, 9.17) is 0 Å². The van der Waals surface area contributed by atoms with Crippen LogP contribution in [0.3, 0.4) is 0 Å². The van der Waals surface area contributed by atoms with Crippen molar-refractivity contribution in [1.29, 1.82) is 0 Å².